The van der Waals surface area contributed by atoms with E-state index in [1.54, 1.807) is 0 Å². The zero-order valence-corrected chi connectivity index (χ0v) is 19.5. The lowest BCUT2D eigenvalue weighted by atomic mass is 9.88. The summed E-state index contributed by atoms with van der Waals surface area (Å²) in [5.74, 6) is 0.984. The first-order chi connectivity index (χ1) is 15.0. The van der Waals surface area contributed by atoms with Crippen molar-refractivity contribution in [3.05, 3.63) is 93.7 Å². The number of nitrogens with zero attached hydrogens (tertiary/aromatic N) is 2. The summed E-state index contributed by atoms with van der Waals surface area (Å²) in [6.45, 7) is 10.2. The van der Waals surface area contributed by atoms with Crippen LogP contribution >= 0.6 is 11.3 Å². The largest absolute Gasteiger partial charge is 0.336 e. The van der Waals surface area contributed by atoms with E-state index in [1.807, 2.05) is 41.7 Å². The van der Waals surface area contributed by atoms with Gasteiger partial charge in [0.05, 0.1) is 0 Å². The molecule has 1 aliphatic rings. The number of likely N-dealkylation sites (tertiary alicyclic amines) is 1. The zero-order valence-electron chi connectivity index (χ0n) is 18.7. The van der Waals surface area contributed by atoms with E-state index in [0.717, 1.165) is 31.7 Å². The van der Waals surface area contributed by atoms with Crippen LogP contribution in [0, 0.1) is 12.8 Å². The highest BCUT2D eigenvalue weighted by molar-refractivity contribution is 7.09. The van der Waals surface area contributed by atoms with Gasteiger partial charge in [0.1, 0.15) is 0 Å². The molecule has 0 bridgehead atoms. The van der Waals surface area contributed by atoms with Crippen molar-refractivity contribution in [3.8, 4) is 0 Å². The predicted octanol–water partition coefficient (Wildman–Crippen LogP) is 5.82. The van der Waals surface area contributed by atoms with Gasteiger partial charge in [0.2, 0.25) is 0 Å². The Labute approximate surface area is 190 Å². The molecule has 0 saturated carbocycles. The van der Waals surface area contributed by atoms with Gasteiger partial charge in [-0.25, -0.2) is 0 Å². The molecule has 162 valence electrons. The molecule has 2 atom stereocenters. The minimum absolute atomic E-state index is 0.134. The van der Waals surface area contributed by atoms with Crippen LogP contribution in [-0.2, 0) is 6.54 Å². The molecular formula is C27H32N2OS. The van der Waals surface area contributed by atoms with E-state index in [-0.39, 0.29) is 11.9 Å². The highest BCUT2D eigenvalue weighted by Crippen LogP contribution is 2.35. The van der Waals surface area contributed by atoms with Crippen molar-refractivity contribution >= 4 is 17.2 Å². The summed E-state index contributed by atoms with van der Waals surface area (Å²) in [4.78, 5) is 19.3. The number of hydrogen-bond donors (Lipinski definition) is 0. The van der Waals surface area contributed by atoms with E-state index < -0.39 is 0 Å². The summed E-state index contributed by atoms with van der Waals surface area (Å²) in [6, 6.07) is 23.2. The second-order valence-corrected chi connectivity index (χ2v) is 10.0. The molecule has 3 nitrogen and oxygen atoms in total. The van der Waals surface area contributed by atoms with Gasteiger partial charge in [-0.05, 0) is 55.8 Å². The zero-order chi connectivity index (χ0) is 21.8. The molecule has 4 heteroatoms. The second kappa shape index (κ2) is 9.80. The Kier molecular flexibility index (Phi) is 6.89. The van der Waals surface area contributed by atoms with E-state index in [0.29, 0.717) is 11.8 Å². The molecule has 0 N–H and O–H groups in total. The maximum absolute atomic E-state index is 13.3. The molecule has 0 spiro atoms. The Bertz CT molecular complexity index is 966. The van der Waals surface area contributed by atoms with Crippen molar-refractivity contribution < 1.29 is 4.79 Å². The highest BCUT2D eigenvalue weighted by Gasteiger charge is 2.36. The summed E-state index contributed by atoms with van der Waals surface area (Å²) >= 11 is 1.82. The molecule has 1 aromatic heterocycles. The number of amides is 1. The first kappa shape index (κ1) is 21.8. The first-order valence-electron chi connectivity index (χ1n) is 11.2. The van der Waals surface area contributed by atoms with Crippen LogP contribution in [-0.4, -0.2) is 41.4 Å². The lowest BCUT2D eigenvalue weighted by molar-refractivity contribution is 0.0668. The summed E-state index contributed by atoms with van der Waals surface area (Å²) in [5.41, 5.74) is 3.45. The van der Waals surface area contributed by atoms with E-state index in [2.05, 4.69) is 72.3 Å². The lowest BCUT2D eigenvalue weighted by Gasteiger charge is -2.32. The van der Waals surface area contributed by atoms with Gasteiger partial charge in [0.15, 0.2) is 0 Å². The van der Waals surface area contributed by atoms with Crippen LogP contribution in [0.4, 0.5) is 0 Å². The monoisotopic (exact) mass is 432 g/mol. The Morgan fingerprint density at radius 1 is 1.03 bits per heavy atom. The second-order valence-electron chi connectivity index (χ2n) is 8.97. The van der Waals surface area contributed by atoms with Gasteiger partial charge in [-0.2, -0.15) is 0 Å². The number of aryl methyl sites for hydroxylation is 1. The first-order valence-corrected chi connectivity index (χ1v) is 12.1. The minimum atomic E-state index is 0.134. The molecule has 0 unspecified atom stereocenters. The fraction of sp³-hybridized carbons (Fsp3) is 0.370. The van der Waals surface area contributed by atoms with E-state index in [4.69, 9.17) is 0 Å². The van der Waals surface area contributed by atoms with Gasteiger partial charge >= 0.3 is 0 Å². The maximum Gasteiger partial charge on any atom is 0.254 e. The van der Waals surface area contributed by atoms with Crippen molar-refractivity contribution in [2.45, 2.75) is 39.3 Å². The van der Waals surface area contributed by atoms with Crippen molar-refractivity contribution in [3.63, 3.8) is 0 Å². The van der Waals surface area contributed by atoms with Crippen molar-refractivity contribution in [2.75, 3.05) is 19.6 Å². The Balaban J connectivity index is 1.57. The maximum atomic E-state index is 13.3. The smallest absolute Gasteiger partial charge is 0.254 e. The third-order valence-corrected chi connectivity index (χ3v) is 7.18. The molecule has 2 heterocycles. The Hall–Kier alpha value is -2.43. The normalized spacial score (nSPS) is 19.1. The van der Waals surface area contributed by atoms with Crippen molar-refractivity contribution in [2.24, 2.45) is 5.92 Å². The summed E-state index contributed by atoms with van der Waals surface area (Å²) in [6.07, 6.45) is 0. The highest BCUT2D eigenvalue weighted by atomic mass is 32.1. The molecule has 2 aromatic carbocycles. The van der Waals surface area contributed by atoms with Gasteiger partial charge in [-0.3, -0.25) is 9.69 Å². The Morgan fingerprint density at radius 2 is 1.77 bits per heavy atom. The molecule has 31 heavy (non-hydrogen) atoms. The standard InChI is InChI=1S/C27H32N2OS/c1-20(2)29(27(30)23-8-5-4-6-9-23)17-24-16-28(18-25-10-7-15-31-25)19-26(24)22-13-11-21(3)12-14-22/h4-15,20,24,26H,16-19H2,1-3H3/t24-,26+/m0/s1. The fourth-order valence-corrected chi connectivity index (χ4v) is 5.36. The molecular weight excluding hydrogens is 400 g/mol. The molecule has 1 fully saturated rings. The van der Waals surface area contributed by atoms with Gasteiger partial charge in [-0.15, -0.1) is 11.3 Å². The molecule has 3 aromatic rings. The minimum Gasteiger partial charge on any atom is -0.336 e. The Morgan fingerprint density at radius 3 is 2.42 bits per heavy atom. The summed E-state index contributed by atoms with van der Waals surface area (Å²) < 4.78 is 0. The van der Waals surface area contributed by atoms with Crippen LogP contribution in [0.2, 0.25) is 0 Å². The summed E-state index contributed by atoms with van der Waals surface area (Å²) in [5, 5.41) is 2.15. The van der Waals surface area contributed by atoms with Crippen LogP contribution in [0.1, 0.15) is 46.1 Å². The lowest BCUT2D eigenvalue weighted by Crippen LogP contribution is -2.42. The number of carbonyl (C=O) groups is 1. The molecule has 0 aliphatic carbocycles. The SMILES string of the molecule is Cc1ccc([C@H]2CN(Cc3cccs3)C[C@H]2CN(C(=O)c2ccccc2)C(C)C)cc1. The predicted molar refractivity (Wildman–Crippen MR) is 130 cm³/mol. The summed E-state index contributed by atoms with van der Waals surface area (Å²) in [7, 11) is 0. The average molecular weight is 433 g/mol. The van der Waals surface area contributed by atoms with Crippen molar-refractivity contribution in [1.82, 2.24) is 9.80 Å². The van der Waals surface area contributed by atoms with Crippen LogP contribution < -0.4 is 0 Å². The van der Waals surface area contributed by atoms with E-state index in [9.17, 15) is 4.79 Å². The van der Waals surface area contributed by atoms with Gasteiger partial charge < -0.3 is 4.90 Å². The van der Waals surface area contributed by atoms with Gasteiger partial charge in [0, 0.05) is 48.6 Å². The number of hydrogen-bond acceptors (Lipinski definition) is 3. The number of carbonyl (C=O) groups excluding carboxylic acids is 1. The third kappa shape index (κ3) is 5.25. The van der Waals surface area contributed by atoms with Gasteiger partial charge in [-0.1, -0.05) is 54.1 Å². The number of thiophene rings is 1. The molecule has 1 amide bonds. The van der Waals surface area contributed by atoms with Gasteiger partial charge in [0.25, 0.3) is 5.91 Å². The topological polar surface area (TPSA) is 23.6 Å². The van der Waals surface area contributed by atoms with Crippen LogP contribution in [0.3, 0.4) is 0 Å². The fourth-order valence-electron chi connectivity index (χ4n) is 4.62. The quantitative estimate of drug-likeness (QED) is 0.469. The van der Waals surface area contributed by atoms with Crippen LogP contribution in [0.5, 0.6) is 0 Å². The number of rotatable bonds is 7. The molecule has 0 radical (unpaired) electrons. The van der Waals surface area contributed by atoms with Crippen LogP contribution in [0.25, 0.3) is 0 Å². The molecule has 1 saturated heterocycles. The number of benzene rings is 2. The average Bonchev–Trinajstić information content (AvgIpc) is 3.43. The molecule has 4 rings (SSSR count). The van der Waals surface area contributed by atoms with Crippen LogP contribution in [0.15, 0.2) is 72.1 Å². The van der Waals surface area contributed by atoms with Crippen molar-refractivity contribution in [1.29, 1.82) is 0 Å². The molecule has 1 aliphatic heterocycles. The van der Waals surface area contributed by atoms with E-state index >= 15 is 0 Å². The van der Waals surface area contributed by atoms with E-state index in [1.165, 1.54) is 16.0 Å². The third-order valence-electron chi connectivity index (χ3n) is 6.32.